The average molecular weight is 282 g/mol. The van der Waals surface area contributed by atoms with Crippen molar-refractivity contribution in [3.63, 3.8) is 0 Å². The second kappa shape index (κ2) is 8.76. The van der Waals surface area contributed by atoms with Gasteiger partial charge in [0.15, 0.2) is 11.5 Å². The molecule has 1 unspecified atom stereocenters. The number of aliphatic hydroxyl groups excluding tert-OH is 1. The predicted octanol–water partition coefficient (Wildman–Crippen LogP) is 1.99. The van der Waals surface area contributed by atoms with Gasteiger partial charge in [0.1, 0.15) is 0 Å². The lowest BCUT2D eigenvalue weighted by Crippen LogP contribution is -2.32. The molecule has 0 saturated heterocycles. The van der Waals surface area contributed by atoms with Crippen LogP contribution in [0.2, 0.25) is 0 Å². The number of aromatic nitrogens is 1. The van der Waals surface area contributed by atoms with Gasteiger partial charge in [-0.25, -0.2) is 0 Å². The minimum Gasteiger partial charge on any atom is -0.493 e. The highest BCUT2D eigenvalue weighted by Crippen LogP contribution is 2.28. The van der Waals surface area contributed by atoms with Crippen molar-refractivity contribution in [1.82, 2.24) is 10.3 Å². The topological polar surface area (TPSA) is 63.6 Å². The Hall–Kier alpha value is -1.33. The second-order valence-corrected chi connectivity index (χ2v) is 4.77. The van der Waals surface area contributed by atoms with E-state index in [2.05, 4.69) is 24.1 Å². The fourth-order valence-electron chi connectivity index (χ4n) is 2.31. The zero-order valence-corrected chi connectivity index (χ0v) is 12.8. The highest BCUT2D eigenvalue weighted by molar-refractivity contribution is 5.42. The molecule has 1 rings (SSSR count). The van der Waals surface area contributed by atoms with Crippen molar-refractivity contribution in [2.75, 3.05) is 20.8 Å². The van der Waals surface area contributed by atoms with Crippen molar-refractivity contribution in [1.29, 1.82) is 0 Å². The van der Waals surface area contributed by atoms with E-state index in [-0.39, 0.29) is 6.10 Å². The molecule has 20 heavy (non-hydrogen) atoms. The third kappa shape index (κ3) is 4.35. The first-order valence-corrected chi connectivity index (χ1v) is 7.12. The SMILES string of the molecule is CCC(CC)C(O)CNCc1nccc(OC)c1OC. The van der Waals surface area contributed by atoms with Gasteiger partial charge in [-0.1, -0.05) is 26.7 Å². The molecule has 5 heteroatoms. The number of nitrogens with one attached hydrogen (secondary N) is 1. The second-order valence-electron chi connectivity index (χ2n) is 4.77. The van der Waals surface area contributed by atoms with Crippen LogP contribution >= 0.6 is 0 Å². The molecule has 0 aliphatic carbocycles. The summed E-state index contributed by atoms with van der Waals surface area (Å²) in [5.74, 6) is 1.64. The number of methoxy groups -OCH3 is 2. The Morgan fingerprint density at radius 2 is 1.95 bits per heavy atom. The number of rotatable bonds is 9. The lowest BCUT2D eigenvalue weighted by molar-refractivity contribution is 0.101. The summed E-state index contributed by atoms with van der Waals surface area (Å²) in [6, 6.07) is 1.77. The van der Waals surface area contributed by atoms with E-state index in [1.807, 2.05) is 0 Å². The van der Waals surface area contributed by atoms with Gasteiger partial charge >= 0.3 is 0 Å². The molecule has 1 atom stereocenters. The maximum absolute atomic E-state index is 10.1. The van der Waals surface area contributed by atoms with Crippen LogP contribution < -0.4 is 14.8 Å². The summed E-state index contributed by atoms with van der Waals surface area (Å²) < 4.78 is 10.6. The van der Waals surface area contributed by atoms with E-state index in [0.717, 1.165) is 18.5 Å². The van der Waals surface area contributed by atoms with Crippen molar-refractivity contribution in [3.8, 4) is 11.5 Å². The fourth-order valence-corrected chi connectivity index (χ4v) is 2.31. The quantitative estimate of drug-likeness (QED) is 0.725. The van der Waals surface area contributed by atoms with Gasteiger partial charge in [0.25, 0.3) is 0 Å². The van der Waals surface area contributed by atoms with E-state index in [1.165, 1.54) is 0 Å². The Kier molecular flexibility index (Phi) is 7.33. The van der Waals surface area contributed by atoms with Crippen molar-refractivity contribution in [2.45, 2.75) is 39.3 Å². The van der Waals surface area contributed by atoms with Crippen LogP contribution in [0.4, 0.5) is 0 Å². The number of aliphatic hydroxyl groups is 1. The van der Waals surface area contributed by atoms with Crippen molar-refractivity contribution < 1.29 is 14.6 Å². The van der Waals surface area contributed by atoms with Crippen molar-refractivity contribution in [3.05, 3.63) is 18.0 Å². The molecule has 0 spiro atoms. The Morgan fingerprint density at radius 1 is 1.25 bits per heavy atom. The highest BCUT2D eigenvalue weighted by Gasteiger charge is 2.16. The molecule has 114 valence electrons. The van der Waals surface area contributed by atoms with E-state index < -0.39 is 0 Å². The summed E-state index contributed by atoms with van der Waals surface area (Å²) in [5.41, 5.74) is 0.781. The standard InChI is InChI=1S/C15H26N2O3/c1-5-11(6-2)13(18)10-16-9-12-15(20-4)14(19-3)7-8-17-12/h7-8,11,13,16,18H,5-6,9-10H2,1-4H3. The van der Waals surface area contributed by atoms with Gasteiger partial charge in [-0.15, -0.1) is 0 Å². The lowest BCUT2D eigenvalue weighted by atomic mass is 9.96. The maximum atomic E-state index is 10.1. The Balaban J connectivity index is 2.58. The molecule has 0 amide bonds. The number of hydrogen-bond donors (Lipinski definition) is 2. The van der Waals surface area contributed by atoms with Gasteiger partial charge in [-0.05, 0) is 5.92 Å². The Bertz CT molecular complexity index is 395. The molecule has 0 saturated carbocycles. The molecular formula is C15H26N2O3. The van der Waals surface area contributed by atoms with E-state index in [1.54, 1.807) is 26.5 Å². The lowest BCUT2D eigenvalue weighted by Gasteiger charge is -2.20. The molecule has 1 aromatic rings. The first-order chi connectivity index (χ1) is 9.67. The van der Waals surface area contributed by atoms with E-state index in [4.69, 9.17) is 9.47 Å². The van der Waals surface area contributed by atoms with E-state index in [9.17, 15) is 5.11 Å². The summed E-state index contributed by atoms with van der Waals surface area (Å²) >= 11 is 0. The zero-order chi connectivity index (χ0) is 15.0. The number of nitrogens with zero attached hydrogens (tertiary/aromatic N) is 1. The number of ether oxygens (including phenoxy) is 2. The summed E-state index contributed by atoms with van der Waals surface area (Å²) in [6.45, 7) is 5.29. The van der Waals surface area contributed by atoms with Gasteiger partial charge in [-0.3, -0.25) is 4.98 Å². The van der Waals surface area contributed by atoms with Crippen LogP contribution in [-0.4, -0.2) is 37.0 Å². The molecule has 1 aromatic heterocycles. The molecule has 5 nitrogen and oxygen atoms in total. The van der Waals surface area contributed by atoms with Gasteiger partial charge in [0.05, 0.1) is 26.0 Å². The predicted molar refractivity (Wildman–Crippen MR) is 79.1 cm³/mol. The summed E-state index contributed by atoms with van der Waals surface area (Å²) in [7, 11) is 3.20. The van der Waals surface area contributed by atoms with Crippen molar-refractivity contribution >= 4 is 0 Å². The molecule has 2 N–H and O–H groups in total. The largest absolute Gasteiger partial charge is 0.493 e. The maximum Gasteiger partial charge on any atom is 0.183 e. The average Bonchev–Trinajstić information content (AvgIpc) is 2.48. The van der Waals surface area contributed by atoms with E-state index >= 15 is 0 Å². The summed E-state index contributed by atoms with van der Waals surface area (Å²) in [4.78, 5) is 4.29. The zero-order valence-electron chi connectivity index (χ0n) is 12.8. The minimum atomic E-state index is -0.332. The summed E-state index contributed by atoms with van der Waals surface area (Å²) in [6.07, 6.45) is 3.33. The van der Waals surface area contributed by atoms with Crippen LogP contribution in [0.5, 0.6) is 11.5 Å². The first kappa shape index (κ1) is 16.7. The molecule has 0 aliphatic rings. The third-order valence-corrected chi connectivity index (χ3v) is 3.61. The molecule has 0 aliphatic heterocycles. The minimum absolute atomic E-state index is 0.332. The van der Waals surface area contributed by atoms with Gasteiger partial charge in [0, 0.05) is 25.4 Å². The van der Waals surface area contributed by atoms with Crippen LogP contribution in [0.25, 0.3) is 0 Å². The van der Waals surface area contributed by atoms with Crippen LogP contribution in [0.3, 0.4) is 0 Å². The van der Waals surface area contributed by atoms with Crippen molar-refractivity contribution in [2.24, 2.45) is 5.92 Å². The molecular weight excluding hydrogens is 256 g/mol. The fraction of sp³-hybridized carbons (Fsp3) is 0.667. The van der Waals surface area contributed by atoms with Gasteiger partial charge in [-0.2, -0.15) is 0 Å². The monoisotopic (exact) mass is 282 g/mol. The van der Waals surface area contributed by atoms with Crippen LogP contribution in [0.15, 0.2) is 12.3 Å². The van der Waals surface area contributed by atoms with Gasteiger partial charge in [0.2, 0.25) is 0 Å². The highest BCUT2D eigenvalue weighted by atomic mass is 16.5. The molecule has 0 bridgehead atoms. The molecule has 0 fully saturated rings. The smallest absolute Gasteiger partial charge is 0.183 e. The Morgan fingerprint density at radius 3 is 2.50 bits per heavy atom. The molecule has 0 aromatic carbocycles. The van der Waals surface area contributed by atoms with Crippen LogP contribution in [0.1, 0.15) is 32.4 Å². The summed E-state index contributed by atoms with van der Waals surface area (Å²) in [5, 5.41) is 13.3. The van der Waals surface area contributed by atoms with Gasteiger partial charge < -0.3 is 19.9 Å². The molecule has 1 heterocycles. The third-order valence-electron chi connectivity index (χ3n) is 3.61. The van der Waals surface area contributed by atoms with E-state index in [0.29, 0.717) is 30.5 Å². The van der Waals surface area contributed by atoms with Crippen LogP contribution in [0, 0.1) is 5.92 Å². The van der Waals surface area contributed by atoms with Crippen LogP contribution in [-0.2, 0) is 6.54 Å². The normalized spacial score (nSPS) is 12.5. The number of pyridine rings is 1. The molecule has 0 radical (unpaired) electrons. The Labute approximate surface area is 121 Å². The first-order valence-electron chi connectivity index (χ1n) is 7.12. The number of hydrogen-bond acceptors (Lipinski definition) is 5.